The largest absolute Gasteiger partial charge is 0.355 e. The lowest BCUT2D eigenvalue weighted by Gasteiger charge is -2.14. The molecule has 0 bridgehead atoms. The minimum atomic E-state index is 0.290. The molecule has 0 saturated carbocycles. The van der Waals surface area contributed by atoms with E-state index in [4.69, 9.17) is 4.98 Å². The molecule has 0 aliphatic carbocycles. The molecule has 3 aromatic heterocycles. The van der Waals surface area contributed by atoms with Crippen molar-refractivity contribution < 1.29 is 0 Å². The zero-order chi connectivity index (χ0) is 23.1. The smallest absolute Gasteiger partial charge is 0.140 e. The van der Waals surface area contributed by atoms with E-state index in [0.717, 1.165) is 39.6 Å². The van der Waals surface area contributed by atoms with Gasteiger partial charge in [0.1, 0.15) is 5.82 Å². The Hall–Kier alpha value is -4.38. The lowest BCUT2D eigenvalue weighted by molar-refractivity contribution is 0.799. The van der Waals surface area contributed by atoms with Crippen molar-refractivity contribution in [3.8, 4) is 11.5 Å². The highest BCUT2D eigenvalue weighted by Crippen LogP contribution is 2.34. The number of anilines is 2. The molecular formula is C29H25N5. The molecule has 0 atom stereocenters. The number of rotatable bonds is 5. The lowest BCUT2D eigenvalue weighted by atomic mass is 10.1. The van der Waals surface area contributed by atoms with Gasteiger partial charge in [-0.05, 0) is 48.4 Å². The molecule has 1 N–H and O–H groups in total. The monoisotopic (exact) mass is 443 g/mol. The van der Waals surface area contributed by atoms with Crippen molar-refractivity contribution in [2.24, 2.45) is 0 Å². The predicted octanol–water partition coefficient (Wildman–Crippen LogP) is 7.23. The molecule has 34 heavy (non-hydrogen) atoms. The molecule has 5 nitrogen and oxygen atoms in total. The molecule has 0 spiro atoms. The van der Waals surface area contributed by atoms with Crippen LogP contribution in [-0.4, -0.2) is 19.3 Å². The number of para-hydroxylation sites is 2. The molecule has 0 aliphatic heterocycles. The first-order valence-corrected chi connectivity index (χ1v) is 11.5. The summed E-state index contributed by atoms with van der Waals surface area (Å²) in [5, 5.41) is 10.4. The van der Waals surface area contributed by atoms with E-state index < -0.39 is 0 Å². The lowest BCUT2D eigenvalue weighted by Crippen LogP contribution is -2.06. The molecule has 0 aliphatic rings. The number of nitrogens with one attached hydrogen (secondary N) is 1. The molecular weight excluding hydrogens is 418 g/mol. The van der Waals surface area contributed by atoms with Gasteiger partial charge in [0.25, 0.3) is 0 Å². The first kappa shape index (κ1) is 20.2. The number of hydrogen-bond acceptors (Lipinski definition) is 3. The first-order chi connectivity index (χ1) is 16.7. The van der Waals surface area contributed by atoms with Crippen molar-refractivity contribution >= 4 is 33.2 Å². The highest BCUT2D eigenvalue weighted by atomic mass is 15.3. The van der Waals surface area contributed by atoms with Gasteiger partial charge in [0.05, 0.1) is 16.7 Å². The molecule has 3 heterocycles. The maximum absolute atomic E-state index is 5.10. The molecule has 3 aromatic carbocycles. The summed E-state index contributed by atoms with van der Waals surface area (Å²) < 4.78 is 4.16. The predicted molar refractivity (Wildman–Crippen MR) is 140 cm³/mol. The fourth-order valence-corrected chi connectivity index (χ4v) is 4.47. The van der Waals surface area contributed by atoms with E-state index in [1.165, 1.54) is 10.8 Å². The van der Waals surface area contributed by atoms with Crippen LogP contribution in [0.5, 0.6) is 0 Å². The van der Waals surface area contributed by atoms with E-state index in [2.05, 4.69) is 95.6 Å². The van der Waals surface area contributed by atoms with Crippen LogP contribution < -0.4 is 5.32 Å². The molecule has 0 amide bonds. The van der Waals surface area contributed by atoms with Crippen molar-refractivity contribution in [2.75, 3.05) is 5.32 Å². The first-order valence-electron chi connectivity index (χ1n) is 11.5. The van der Waals surface area contributed by atoms with Crippen LogP contribution in [0, 0.1) is 0 Å². The Bertz CT molecular complexity index is 1590. The summed E-state index contributed by atoms with van der Waals surface area (Å²) in [5.74, 6) is 1.18. The van der Waals surface area contributed by atoms with Crippen molar-refractivity contribution in [1.29, 1.82) is 0 Å². The zero-order valence-electron chi connectivity index (χ0n) is 19.2. The van der Waals surface area contributed by atoms with Gasteiger partial charge in [-0.1, -0.05) is 56.3 Å². The number of benzene rings is 3. The maximum Gasteiger partial charge on any atom is 0.140 e. The zero-order valence-corrected chi connectivity index (χ0v) is 19.2. The van der Waals surface area contributed by atoms with E-state index in [1.807, 2.05) is 35.1 Å². The summed E-state index contributed by atoms with van der Waals surface area (Å²) in [5.41, 5.74) is 6.38. The van der Waals surface area contributed by atoms with E-state index >= 15 is 0 Å². The molecule has 0 unspecified atom stereocenters. The quantitative estimate of drug-likeness (QED) is 0.306. The molecule has 5 heteroatoms. The SMILES string of the molecule is CC(C)c1cc(-n2cccn2)cc(-n2c3ccccc3c3ccc(Nc4ccccc4)cc32)n1. The molecule has 6 rings (SSSR count). The summed E-state index contributed by atoms with van der Waals surface area (Å²) >= 11 is 0. The van der Waals surface area contributed by atoms with Crippen molar-refractivity contribution in [2.45, 2.75) is 19.8 Å². The van der Waals surface area contributed by atoms with Crippen LogP contribution in [0.3, 0.4) is 0 Å². The minimum Gasteiger partial charge on any atom is -0.355 e. The van der Waals surface area contributed by atoms with Crippen LogP contribution in [-0.2, 0) is 0 Å². The third-order valence-electron chi connectivity index (χ3n) is 6.14. The van der Waals surface area contributed by atoms with Gasteiger partial charge >= 0.3 is 0 Å². The summed E-state index contributed by atoms with van der Waals surface area (Å²) in [6.45, 7) is 4.35. The Morgan fingerprint density at radius 2 is 1.53 bits per heavy atom. The van der Waals surface area contributed by atoms with Gasteiger partial charge in [0.2, 0.25) is 0 Å². The van der Waals surface area contributed by atoms with E-state index in [0.29, 0.717) is 0 Å². The third-order valence-corrected chi connectivity index (χ3v) is 6.14. The molecule has 6 aromatic rings. The van der Waals surface area contributed by atoms with E-state index in [9.17, 15) is 0 Å². The van der Waals surface area contributed by atoms with Crippen molar-refractivity contribution in [3.63, 3.8) is 0 Å². The van der Waals surface area contributed by atoms with Gasteiger partial charge in [-0.3, -0.25) is 4.57 Å². The van der Waals surface area contributed by atoms with Crippen LogP contribution >= 0.6 is 0 Å². The number of nitrogens with zero attached hydrogens (tertiary/aromatic N) is 4. The summed E-state index contributed by atoms with van der Waals surface area (Å²) in [7, 11) is 0. The van der Waals surface area contributed by atoms with E-state index in [-0.39, 0.29) is 5.92 Å². The average molecular weight is 444 g/mol. The Kier molecular flexibility index (Phi) is 4.88. The van der Waals surface area contributed by atoms with Crippen LogP contribution in [0.15, 0.2) is 103 Å². The standard InChI is InChI=1S/C29H25N5/c1-20(2)26-18-23(33-16-8-15-30-33)19-29(32-26)34-27-12-7-6-11-24(27)25-14-13-22(17-28(25)34)31-21-9-4-3-5-10-21/h3-20,31H,1-2H3. The molecule has 166 valence electrons. The second-order valence-electron chi connectivity index (χ2n) is 8.79. The van der Waals surface area contributed by atoms with Crippen molar-refractivity contribution in [1.82, 2.24) is 19.3 Å². The van der Waals surface area contributed by atoms with Gasteiger partial charge in [0, 0.05) is 46.3 Å². The molecule has 0 radical (unpaired) electrons. The summed E-state index contributed by atoms with van der Waals surface area (Å²) in [4.78, 5) is 5.10. The second-order valence-corrected chi connectivity index (χ2v) is 8.79. The Labute approximate surface area is 198 Å². The Morgan fingerprint density at radius 1 is 0.735 bits per heavy atom. The van der Waals surface area contributed by atoms with Gasteiger partial charge in [-0.15, -0.1) is 0 Å². The number of pyridine rings is 1. The Balaban J connectivity index is 1.60. The van der Waals surface area contributed by atoms with Gasteiger partial charge in [-0.2, -0.15) is 5.10 Å². The van der Waals surface area contributed by atoms with Gasteiger partial charge < -0.3 is 5.32 Å². The van der Waals surface area contributed by atoms with Crippen molar-refractivity contribution in [3.05, 3.63) is 109 Å². The number of hydrogen-bond donors (Lipinski definition) is 1. The highest BCUT2D eigenvalue weighted by Gasteiger charge is 2.16. The van der Waals surface area contributed by atoms with Crippen LogP contribution in [0.4, 0.5) is 11.4 Å². The molecule has 0 fully saturated rings. The van der Waals surface area contributed by atoms with E-state index in [1.54, 1.807) is 6.20 Å². The Morgan fingerprint density at radius 3 is 2.32 bits per heavy atom. The maximum atomic E-state index is 5.10. The van der Waals surface area contributed by atoms with Crippen LogP contribution in [0.25, 0.3) is 33.3 Å². The second kappa shape index (κ2) is 8.19. The van der Waals surface area contributed by atoms with Gasteiger partial charge in [-0.25, -0.2) is 9.67 Å². The van der Waals surface area contributed by atoms with Crippen LogP contribution in [0.2, 0.25) is 0 Å². The van der Waals surface area contributed by atoms with Gasteiger partial charge in [0.15, 0.2) is 0 Å². The average Bonchev–Trinajstić information content (AvgIpc) is 3.51. The number of aromatic nitrogens is 4. The topological polar surface area (TPSA) is 47.7 Å². The fraction of sp³-hybridized carbons (Fsp3) is 0.103. The normalized spacial score (nSPS) is 11.5. The third kappa shape index (κ3) is 3.52. The molecule has 0 saturated heterocycles. The highest BCUT2D eigenvalue weighted by molar-refractivity contribution is 6.10. The fourth-order valence-electron chi connectivity index (χ4n) is 4.47. The summed E-state index contributed by atoms with van der Waals surface area (Å²) in [6.07, 6.45) is 3.77. The minimum absolute atomic E-state index is 0.290. The number of fused-ring (bicyclic) bond motifs is 3. The summed E-state index contributed by atoms with van der Waals surface area (Å²) in [6, 6.07) is 31.5. The van der Waals surface area contributed by atoms with Crippen LogP contribution in [0.1, 0.15) is 25.5 Å².